The van der Waals surface area contributed by atoms with Crippen molar-refractivity contribution in [2.24, 2.45) is 0 Å². The van der Waals surface area contributed by atoms with E-state index in [2.05, 4.69) is 6.92 Å². The first-order valence-corrected chi connectivity index (χ1v) is 9.90. The first kappa shape index (κ1) is 20.0. The molecule has 28 heavy (non-hydrogen) atoms. The van der Waals surface area contributed by atoms with Crippen LogP contribution in [-0.2, 0) is 24.2 Å². The van der Waals surface area contributed by atoms with Crippen LogP contribution in [0.4, 0.5) is 0 Å². The van der Waals surface area contributed by atoms with E-state index in [1.54, 1.807) is 23.8 Å². The highest BCUT2D eigenvalue weighted by atomic mass is 16.3. The van der Waals surface area contributed by atoms with E-state index in [-0.39, 0.29) is 17.7 Å². The molecule has 2 aromatic rings. The number of aromatic hydroxyl groups is 2. The summed E-state index contributed by atoms with van der Waals surface area (Å²) in [7, 11) is 0. The maximum atomic E-state index is 13.0. The van der Waals surface area contributed by atoms with Gasteiger partial charge in [-0.3, -0.25) is 9.59 Å². The van der Waals surface area contributed by atoms with Crippen molar-refractivity contribution in [1.29, 1.82) is 0 Å². The van der Waals surface area contributed by atoms with Crippen LogP contribution in [0.1, 0.15) is 43.0 Å². The maximum absolute atomic E-state index is 13.0. The summed E-state index contributed by atoms with van der Waals surface area (Å²) in [5, 5.41) is 19.9. The van der Waals surface area contributed by atoms with Crippen LogP contribution in [0.25, 0.3) is 0 Å². The molecule has 6 nitrogen and oxygen atoms in total. The Balaban J connectivity index is 1.71. The monoisotopic (exact) mass is 384 g/mol. The van der Waals surface area contributed by atoms with Gasteiger partial charge in [-0.25, -0.2) is 0 Å². The van der Waals surface area contributed by atoms with Crippen molar-refractivity contribution in [3.63, 3.8) is 0 Å². The summed E-state index contributed by atoms with van der Waals surface area (Å²) < 4.78 is 1.74. The average molecular weight is 384 g/mol. The summed E-state index contributed by atoms with van der Waals surface area (Å²) in [6, 6.07) is 7.05. The molecule has 6 heteroatoms. The van der Waals surface area contributed by atoms with Gasteiger partial charge in [0.2, 0.25) is 11.3 Å². The number of rotatable bonds is 6. The van der Waals surface area contributed by atoms with Crippen LogP contribution in [-0.4, -0.2) is 38.2 Å². The Morgan fingerprint density at radius 1 is 1.29 bits per heavy atom. The number of pyridine rings is 1. The number of benzene rings is 1. The minimum atomic E-state index is -0.406. The van der Waals surface area contributed by atoms with Crippen molar-refractivity contribution in [2.45, 2.75) is 58.5 Å². The fourth-order valence-corrected chi connectivity index (χ4v) is 4.05. The number of amides is 1. The van der Waals surface area contributed by atoms with E-state index < -0.39 is 5.43 Å². The van der Waals surface area contributed by atoms with Crippen LogP contribution in [0.15, 0.2) is 35.3 Å². The van der Waals surface area contributed by atoms with Gasteiger partial charge in [-0.15, -0.1) is 0 Å². The maximum Gasteiger partial charge on any atom is 0.224 e. The number of aromatic nitrogens is 1. The molecule has 0 saturated carbocycles. The quantitative estimate of drug-likeness (QED) is 0.802. The molecule has 1 amide bonds. The molecule has 0 fully saturated rings. The summed E-state index contributed by atoms with van der Waals surface area (Å²) in [5.41, 5.74) is 2.19. The third kappa shape index (κ3) is 4.06. The lowest BCUT2D eigenvalue weighted by Gasteiger charge is -2.35. The van der Waals surface area contributed by atoms with Crippen LogP contribution >= 0.6 is 0 Å². The minimum Gasteiger partial charge on any atom is -0.508 e. The molecule has 0 aliphatic heterocycles. The Hall–Kier alpha value is -2.76. The van der Waals surface area contributed by atoms with Crippen LogP contribution in [0.5, 0.6) is 11.5 Å². The summed E-state index contributed by atoms with van der Waals surface area (Å²) >= 11 is 0. The molecule has 1 heterocycles. The number of aryl methyl sites for hydroxylation is 1. The van der Waals surface area contributed by atoms with Gasteiger partial charge in [0.15, 0.2) is 5.75 Å². The van der Waals surface area contributed by atoms with E-state index in [0.717, 1.165) is 36.8 Å². The van der Waals surface area contributed by atoms with Gasteiger partial charge in [0.25, 0.3) is 0 Å². The summed E-state index contributed by atoms with van der Waals surface area (Å²) in [4.78, 5) is 26.4. The molecule has 1 aliphatic rings. The summed E-state index contributed by atoms with van der Waals surface area (Å²) in [6.45, 7) is 4.86. The van der Waals surface area contributed by atoms with Crippen LogP contribution in [0.3, 0.4) is 0 Å². The SMILES string of the molecule is CCCN(C(=O)CCn1ccc(=O)c(O)c1C)C1CCc2c(O)cccc2C1. The van der Waals surface area contributed by atoms with Crippen LogP contribution in [0.2, 0.25) is 0 Å². The second-order valence-corrected chi connectivity index (χ2v) is 7.46. The molecule has 1 aromatic carbocycles. The van der Waals surface area contributed by atoms with E-state index in [1.807, 2.05) is 17.0 Å². The first-order valence-electron chi connectivity index (χ1n) is 9.90. The van der Waals surface area contributed by atoms with E-state index in [4.69, 9.17) is 0 Å². The third-order valence-corrected chi connectivity index (χ3v) is 5.64. The van der Waals surface area contributed by atoms with Crippen LogP contribution in [0, 0.1) is 6.92 Å². The zero-order valence-electron chi connectivity index (χ0n) is 16.5. The molecule has 2 N–H and O–H groups in total. The normalized spacial score (nSPS) is 15.9. The first-order chi connectivity index (χ1) is 13.4. The lowest BCUT2D eigenvalue weighted by Crippen LogP contribution is -2.44. The van der Waals surface area contributed by atoms with Crippen molar-refractivity contribution in [3.05, 3.63) is 57.5 Å². The summed E-state index contributed by atoms with van der Waals surface area (Å²) in [5.74, 6) is 0.162. The third-order valence-electron chi connectivity index (χ3n) is 5.64. The van der Waals surface area contributed by atoms with Crippen molar-refractivity contribution in [2.75, 3.05) is 6.54 Å². The van der Waals surface area contributed by atoms with Gasteiger partial charge in [-0.1, -0.05) is 19.1 Å². The fraction of sp³-hybridized carbons (Fsp3) is 0.455. The number of fused-ring (bicyclic) bond motifs is 1. The van der Waals surface area contributed by atoms with Crippen molar-refractivity contribution >= 4 is 5.91 Å². The molecule has 0 spiro atoms. The van der Waals surface area contributed by atoms with E-state index in [0.29, 0.717) is 31.0 Å². The number of phenolic OH excluding ortho intramolecular Hbond substituents is 1. The predicted molar refractivity (Wildman–Crippen MR) is 108 cm³/mol. The highest BCUT2D eigenvalue weighted by molar-refractivity contribution is 5.76. The second kappa shape index (κ2) is 8.50. The largest absolute Gasteiger partial charge is 0.508 e. The number of phenols is 1. The molecule has 0 saturated heterocycles. The smallest absolute Gasteiger partial charge is 0.224 e. The van der Waals surface area contributed by atoms with Gasteiger partial charge < -0.3 is 19.7 Å². The molecule has 1 aliphatic carbocycles. The van der Waals surface area contributed by atoms with Crippen molar-refractivity contribution in [3.8, 4) is 11.5 Å². The van der Waals surface area contributed by atoms with Gasteiger partial charge >= 0.3 is 0 Å². The number of carbonyl (C=O) groups is 1. The number of carbonyl (C=O) groups excluding carboxylic acids is 1. The molecule has 3 rings (SSSR count). The molecular formula is C22H28N2O4. The lowest BCUT2D eigenvalue weighted by atomic mass is 9.86. The zero-order chi connectivity index (χ0) is 20.3. The average Bonchev–Trinajstić information content (AvgIpc) is 2.69. The lowest BCUT2D eigenvalue weighted by molar-refractivity contribution is -0.134. The van der Waals surface area contributed by atoms with Crippen molar-refractivity contribution < 1.29 is 15.0 Å². The molecule has 1 aromatic heterocycles. The Morgan fingerprint density at radius 3 is 2.82 bits per heavy atom. The number of nitrogens with zero attached hydrogens (tertiary/aromatic N) is 2. The predicted octanol–water partition coefficient (Wildman–Crippen LogP) is 2.75. The highest BCUT2D eigenvalue weighted by Gasteiger charge is 2.28. The topological polar surface area (TPSA) is 82.8 Å². The summed E-state index contributed by atoms with van der Waals surface area (Å²) in [6.07, 6.45) is 5.18. The molecule has 150 valence electrons. The van der Waals surface area contributed by atoms with Gasteiger partial charge in [0.1, 0.15) is 5.75 Å². The highest BCUT2D eigenvalue weighted by Crippen LogP contribution is 2.31. The molecular weight excluding hydrogens is 356 g/mol. The molecule has 1 unspecified atom stereocenters. The van der Waals surface area contributed by atoms with Gasteiger partial charge in [0.05, 0.1) is 5.69 Å². The Bertz CT molecular complexity index is 919. The van der Waals surface area contributed by atoms with Crippen molar-refractivity contribution in [1.82, 2.24) is 9.47 Å². The van der Waals surface area contributed by atoms with Gasteiger partial charge in [-0.05, 0) is 49.8 Å². The molecule has 1 atom stereocenters. The van der Waals surface area contributed by atoms with E-state index in [9.17, 15) is 19.8 Å². The Labute approximate surface area is 165 Å². The van der Waals surface area contributed by atoms with E-state index in [1.165, 1.54) is 6.07 Å². The fourth-order valence-electron chi connectivity index (χ4n) is 4.05. The second-order valence-electron chi connectivity index (χ2n) is 7.46. The Morgan fingerprint density at radius 2 is 2.07 bits per heavy atom. The minimum absolute atomic E-state index is 0.0769. The zero-order valence-corrected chi connectivity index (χ0v) is 16.5. The Kier molecular flexibility index (Phi) is 6.07. The van der Waals surface area contributed by atoms with Crippen LogP contribution < -0.4 is 5.43 Å². The molecule has 0 bridgehead atoms. The molecule has 0 radical (unpaired) electrons. The number of hydrogen-bond acceptors (Lipinski definition) is 4. The standard InChI is InChI=1S/C22H28N2O4/c1-3-11-24(17-7-8-18-16(14-17)5-4-6-19(18)25)21(27)10-13-23-12-9-20(26)22(28)15(23)2/h4-6,9,12,17,25,28H,3,7-8,10-11,13-14H2,1-2H3. The van der Waals surface area contributed by atoms with Gasteiger partial charge in [-0.2, -0.15) is 0 Å². The number of hydrogen-bond donors (Lipinski definition) is 2. The van der Waals surface area contributed by atoms with Gasteiger partial charge in [0, 0.05) is 37.8 Å². The van der Waals surface area contributed by atoms with E-state index >= 15 is 0 Å².